The van der Waals surface area contributed by atoms with E-state index in [0.29, 0.717) is 12.4 Å². The van der Waals surface area contributed by atoms with Gasteiger partial charge in [0.1, 0.15) is 17.7 Å². The molecule has 1 aromatic heterocycles. The number of carbonyl (C=O) groups excluding carboxylic acids is 1. The molecule has 7 nitrogen and oxygen atoms in total. The second-order valence-electron chi connectivity index (χ2n) is 8.48. The van der Waals surface area contributed by atoms with Gasteiger partial charge in [-0.25, -0.2) is 4.98 Å². The number of nitrogens with two attached hydrogens (primary N) is 1. The highest BCUT2D eigenvalue weighted by molar-refractivity contribution is 5.79. The van der Waals surface area contributed by atoms with Gasteiger partial charge in [-0.15, -0.1) is 0 Å². The van der Waals surface area contributed by atoms with E-state index in [-0.39, 0.29) is 18.4 Å². The molecule has 2 heterocycles. The average Bonchev–Trinajstić information content (AvgIpc) is 2.82. The average molecular weight is 446 g/mol. The minimum absolute atomic E-state index is 0.132. The van der Waals surface area contributed by atoms with E-state index in [4.69, 9.17) is 10.5 Å². The number of ether oxygens (including phenoxy) is 1. The first-order valence-corrected chi connectivity index (χ1v) is 11.3. The van der Waals surface area contributed by atoms with Crippen molar-refractivity contribution in [3.05, 3.63) is 78.0 Å². The van der Waals surface area contributed by atoms with Crippen LogP contribution < -0.4 is 21.1 Å². The molecular weight excluding hydrogens is 414 g/mol. The molecule has 1 aliphatic heterocycles. The van der Waals surface area contributed by atoms with Crippen molar-refractivity contribution in [3.8, 4) is 5.75 Å². The molecule has 1 fully saturated rings. The zero-order valence-corrected chi connectivity index (χ0v) is 19.0. The van der Waals surface area contributed by atoms with E-state index in [9.17, 15) is 4.79 Å². The van der Waals surface area contributed by atoms with Gasteiger partial charge < -0.3 is 26.0 Å². The zero-order valence-electron chi connectivity index (χ0n) is 19.0. The Morgan fingerprint density at radius 1 is 1.12 bits per heavy atom. The second kappa shape index (κ2) is 10.8. The van der Waals surface area contributed by atoms with Crippen LogP contribution in [0, 0.1) is 0 Å². The number of likely N-dealkylation sites (tertiary alicyclic amines) is 1. The first-order chi connectivity index (χ1) is 16.0. The van der Waals surface area contributed by atoms with E-state index in [1.807, 2.05) is 48.5 Å². The van der Waals surface area contributed by atoms with Crippen LogP contribution in [0.4, 0.5) is 17.2 Å². The minimum atomic E-state index is -0.388. The number of pyridine rings is 1. The third-order valence-electron chi connectivity index (χ3n) is 5.77. The largest absolute Gasteiger partial charge is 0.490 e. The van der Waals surface area contributed by atoms with Crippen molar-refractivity contribution in [3.63, 3.8) is 0 Å². The van der Waals surface area contributed by atoms with Crippen LogP contribution >= 0.6 is 0 Å². The number of hydrogen-bond acceptors (Lipinski definition) is 6. The molecule has 2 aromatic carbocycles. The number of piperidine rings is 1. The summed E-state index contributed by atoms with van der Waals surface area (Å²) < 4.78 is 6.13. The maximum absolute atomic E-state index is 11.5. The Labute approximate surface area is 195 Å². The maximum atomic E-state index is 11.5. The van der Waals surface area contributed by atoms with Crippen LogP contribution in [0.25, 0.3) is 0 Å². The number of hydrogen-bond donors (Lipinski definition) is 3. The molecule has 4 rings (SSSR count). The van der Waals surface area contributed by atoms with Gasteiger partial charge in [0.15, 0.2) is 0 Å². The smallest absolute Gasteiger partial charge is 0.221 e. The maximum Gasteiger partial charge on any atom is 0.221 e. The summed E-state index contributed by atoms with van der Waals surface area (Å²) in [5.74, 6) is 1.17. The number of benzene rings is 2. The van der Waals surface area contributed by atoms with Crippen LogP contribution in [0.15, 0.2) is 66.9 Å². The summed E-state index contributed by atoms with van der Waals surface area (Å²) in [5.41, 5.74) is 9.09. The molecule has 4 N–H and O–H groups in total. The lowest BCUT2D eigenvalue weighted by Gasteiger charge is -2.29. The van der Waals surface area contributed by atoms with E-state index < -0.39 is 0 Å². The van der Waals surface area contributed by atoms with Crippen molar-refractivity contribution in [1.82, 2.24) is 9.88 Å². The lowest BCUT2D eigenvalue weighted by Crippen LogP contribution is -2.35. The Morgan fingerprint density at radius 2 is 1.85 bits per heavy atom. The molecule has 1 amide bonds. The number of aromatic nitrogens is 1. The van der Waals surface area contributed by atoms with Gasteiger partial charge in [-0.1, -0.05) is 30.3 Å². The van der Waals surface area contributed by atoms with Crippen molar-refractivity contribution in [1.29, 1.82) is 0 Å². The Bertz CT molecular complexity index is 1050. The molecule has 0 radical (unpaired) electrons. The summed E-state index contributed by atoms with van der Waals surface area (Å²) in [4.78, 5) is 18.3. The molecule has 1 saturated heterocycles. The number of nitrogens with one attached hydrogen (secondary N) is 2. The van der Waals surface area contributed by atoms with Crippen LogP contribution in [-0.2, 0) is 17.8 Å². The molecular formula is C26H31N5O2. The molecule has 0 bridgehead atoms. The third-order valence-corrected chi connectivity index (χ3v) is 5.77. The number of carbonyl (C=O) groups is 1. The second-order valence-corrected chi connectivity index (χ2v) is 8.48. The quantitative estimate of drug-likeness (QED) is 0.462. The predicted molar refractivity (Wildman–Crippen MR) is 132 cm³/mol. The number of amides is 1. The highest BCUT2D eigenvalue weighted by Gasteiger charge is 2.18. The van der Waals surface area contributed by atoms with Gasteiger partial charge in [0, 0.05) is 48.8 Å². The van der Waals surface area contributed by atoms with Crippen LogP contribution in [0.5, 0.6) is 5.75 Å². The van der Waals surface area contributed by atoms with Crippen molar-refractivity contribution in [2.75, 3.05) is 30.8 Å². The standard InChI is InChI=1S/C26H31N5O2/c1-31-13-11-23(12-14-31)33-22-9-7-21(8-10-22)30-26-16-24(20(18-29-26)15-25(27)32)28-17-19-5-3-2-4-6-19/h2-10,16,18,23H,11-15,17H2,1H3,(H2,27,32)(H2,28,29,30). The third kappa shape index (κ3) is 6.70. The summed E-state index contributed by atoms with van der Waals surface area (Å²) in [6, 6.07) is 19.9. The van der Waals surface area contributed by atoms with Gasteiger partial charge in [0.05, 0.1) is 6.42 Å². The summed E-state index contributed by atoms with van der Waals surface area (Å²) >= 11 is 0. The van der Waals surface area contributed by atoms with Gasteiger partial charge >= 0.3 is 0 Å². The Morgan fingerprint density at radius 3 is 2.55 bits per heavy atom. The molecule has 0 aliphatic carbocycles. The summed E-state index contributed by atoms with van der Waals surface area (Å²) in [6.45, 7) is 2.78. The van der Waals surface area contributed by atoms with Crippen molar-refractivity contribution < 1.29 is 9.53 Å². The summed E-state index contributed by atoms with van der Waals surface area (Å²) in [6.07, 6.45) is 4.21. The SMILES string of the molecule is CN1CCC(Oc2ccc(Nc3cc(NCc4ccccc4)c(CC(N)=O)cn3)cc2)CC1. The van der Waals surface area contributed by atoms with Crippen LogP contribution in [0.2, 0.25) is 0 Å². The molecule has 1 aliphatic rings. The molecule has 0 saturated carbocycles. The van der Waals surface area contributed by atoms with E-state index in [2.05, 4.69) is 39.7 Å². The highest BCUT2D eigenvalue weighted by atomic mass is 16.5. The first-order valence-electron chi connectivity index (χ1n) is 11.3. The fraction of sp³-hybridized carbons (Fsp3) is 0.308. The molecule has 0 unspecified atom stereocenters. The Balaban J connectivity index is 1.41. The van der Waals surface area contributed by atoms with E-state index >= 15 is 0 Å². The summed E-state index contributed by atoms with van der Waals surface area (Å²) in [5, 5.41) is 6.74. The van der Waals surface area contributed by atoms with Gasteiger partial charge in [-0.05, 0) is 49.7 Å². The fourth-order valence-corrected chi connectivity index (χ4v) is 3.90. The molecule has 33 heavy (non-hydrogen) atoms. The number of nitrogens with zero attached hydrogens (tertiary/aromatic N) is 2. The molecule has 172 valence electrons. The van der Waals surface area contributed by atoms with Crippen LogP contribution in [-0.4, -0.2) is 42.0 Å². The van der Waals surface area contributed by atoms with Gasteiger partial charge in [-0.3, -0.25) is 4.79 Å². The fourth-order valence-electron chi connectivity index (χ4n) is 3.90. The minimum Gasteiger partial charge on any atom is -0.490 e. The number of primary amides is 1. The highest BCUT2D eigenvalue weighted by Crippen LogP contribution is 2.25. The van der Waals surface area contributed by atoms with E-state index in [0.717, 1.165) is 54.2 Å². The van der Waals surface area contributed by atoms with E-state index in [1.165, 1.54) is 0 Å². The number of rotatable bonds is 9. The first kappa shape index (κ1) is 22.6. The normalized spacial score (nSPS) is 14.6. The molecule has 0 atom stereocenters. The van der Waals surface area contributed by atoms with E-state index in [1.54, 1.807) is 6.20 Å². The van der Waals surface area contributed by atoms with Gasteiger partial charge in [0.2, 0.25) is 5.91 Å². The molecule has 0 spiro atoms. The van der Waals surface area contributed by atoms with Gasteiger partial charge in [-0.2, -0.15) is 0 Å². The summed E-state index contributed by atoms with van der Waals surface area (Å²) in [7, 11) is 2.15. The predicted octanol–water partition coefficient (Wildman–Crippen LogP) is 3.94. The van der Waals surface area contributed by atoms with Crippen molar-refractivity contribution in [2.45, 2.75) is 31.9 Å². The Hall–Kier alpha value is -3.58. The molecule has 3 aromatic rings. The lowest BCUT2D eigenvalue weighted by atomic mass is 10.1. The number of anilines is 3. The monoisotopic (exact) mass is 445 g/mol. The molecule has 7 heteroatoms. The Kier molecular flexibility index (Phi) is 7.42. The zero-order chi connectivity index (χ0) is 23.0. The van der Waals surface area contributed by atoms with Crippen molar-refractivity contribution >= 4 is 23.1 Å². The van der Waals surface area contributed by atoms with Crippen molar-refractivity contribution in [2.24, 2.45) is 5.73 Å². The van der Waals surface area contributed by atoms with Crippen LogP contribution in [0.1, 0.15) is 24.0 Å². The van der Waals surface area contributed by atoms with Gasteiger partial charge in [0.25, 0.3) is 0 Å². The topological polar surface area (TPSA) is 92.5 Å². The lowest BCUT2D eigenvalue weighted by molar-refractivity contribution is -0.117. The van der Waals surface area contributed by atoms with Crippen LogP contribution in [0.3, 0.4) is 0 Å².